The Kier molecular flexibility index (Phi) is 3.74. The Hall–Kier alpha value is -2.15. The molecule has 0 unspecified atom stereocenters. The lowest BCUT2D eigenvalue weighted by Gasteiger charge is -2.14. The smallest absolute Gasteiger partial charge is 0.221 e. The predicted molar refractivity (Wildman–Crippen MR) is 82.8 cm³/mol. The summed E-state index contributed by atoms with van der Waals surface area (Å²) >= 11 is 1.63. The van der Waals surface area contributed by atoms with Crippen LogP contribution in [0.2, 0.25) is 0 Å². The summed E-state index contributed by atoms with van der Waals surface area (Å²) in [6, 6.07) is 7.69. The summed E-state index contributed by atoms with van der Waals surface area (Å²) in [6.45, 7) is 3.53. The van der Waals surface area contributed by atoms with Gasteiger partial charge in [0.15, 0.2) is 5.82 Å². The summed E-state index contributed by atoms with van der Waals surface area (Å²) < 4.78 is 1.81. The summed E-state index contributed by atoms with van der Waals surface area (Å²) in [6.07, 6.45) is 0.797. The normalized spacial score (nSPS) is 13.5. The maximum atomic E-state index is 11.0. The summed E-state index contributed by atoms with van der Waals surface area (Å²) in [4.78, 5) is 11.0. The molecule has 0 spiro atoms. The first-order chi connectivity index (χ1) is 10.2. The van der Waals surface area contributed by atoms with E-state index in [4.69, 9.17) is 0 Å². The minimum absolute atomic E-state index is 0.0740. The molecule has 0 atom stereocenters. The van der Waals surface area contributed by atoms with Crippen molar-refractivity contribution in [3.05, 3.63) is 35.7 Å². The predicted octanol–water partition coefficient (Wildman–Crippen LogP) is 2.16. The molecule has 2 aromatic rings. The molecule has 1 amide bonds. The largest absolute Gasteiger partial charge is 0.326 e. The molecule has 21 heavy (non-hydrogen) atoms. The second-order valence-corrected chi connectivity index (χ2v) is 5.60. The van der Waals surface area contributed by atoms with Crippen molar-refractivity contribution in [2.45, 2.75) is 25.4 Å². The first-order valence-electron chi connectivity index (χ1n) is 6.70. The van der Waals surface area contributed by atoms with Crippen molar-refractivity contribution in [2.75, 3.05) is 11.1 Å². The van der Waals surface area contributed by atoms with Gasteiger partial charge in [-0.25, -0.2) is 0 Å². The maximum Gasteiger partial charge on any atom is 0.221 e. The van der Waals surface area contributed by atoms with E-state index in [1.165, 1.54) is 6.92 Å². The van der Waals surface area contributed by atoms with Crippen molar-refractivity contribution in [1.82, 2.24) is 14.9 Å². The van der Waals surface area contributed by atoms with E-state index in [2.05, 4.69) is 20.6 Å². The van der Waals surface area contributed by atoms with Gasteiger partial charge in [-0.15, -0.1) is 10.2 Å². The van der Waals surface area contributed by atoms with Crippen LogP contribution in [-0.2, 0) is 11.2 Å². The zero-order valence-electron chi connectivity index (χ0n) is 11.8. The Morgan fingerprint density at radius 3 is 2.76 bits per heavy atom. The highest BCUT2D eigenvalue weighted by Gasteiger charge is 2.18. The van der Waals surface area contributed by atoms with E-state index in [1.807, 2.05) is 35.9 Å². The van der Waals surface area contributed by atoms with Crippen molar-refractivity contribution in [1.29, 1.82) is 0 Å². The van der Waals surface area contributed by atoms with E-state index in [0.717, 1.165) is 40.1 Å². The van der Waals surface area contributed by atoms with Crippen molar-refractivity contribution < 1.29 is 4.79 Å². The number of benzene rings is 1. The van der Waals surface area contributed by atoms with Gasteiger partial charge in [0.25, 0.3) is 0 Å². The summed E-state index contributed by atoms with van der Waals surface area (Å²) in [5.74, 6) is 1.56. The second kappa shape index (κ2) is 5.69. The monoisotopic (exact) mass is 301 g/mol. The number of anilines is 1. The lowest BCUT2D eigenvalue weighted by molar-refractivity contribution is -0.114. The van der Waals surface area contributed by atoms with Crippen molar-refractivity contribution in [3.8, 4) is 0 Å². The number of hydrogen-bond acceptors (Lipinski definition) is 5. The lowest BCUT2D eigenvalue weighted by Crippen LogP contribution is -2.14. The number of amides is 1. The fraction of sp³-hybridized carbons (Fsp3) is 0.286. The van der Waals surface area contributed by atoms with Gasteiger partial charge in [-0.3, -0.25) is 4.79 Å². The molecule has 108 valence electrons. The molecular formula is C14H15N5OS. The first-order valence-corrected chi connectivity index (χ1v) is 7.69. The van der Waals surface area contributed by atoms with Gasteiger partial charge in [-0.2, -0.15) is 9.78 Å². The van der Waals surface area contributed by atoms with E-state index in [9.17, 15) is 4.79 Å². The number of thioether (sulfide) groups is 1. The Morgan fingerprint density at radius 2 is 2.10 bits per heavy atom. The Morgan fingerprint density at radius 1 is 1.33 bits per heavy atom. The van der Waals surface area contributed by atoms with Crippen LogP contribution in [0.25, 0.3) is 0 Å². The number of aryl methyl sites for hydroxylation is 1. The second-order valence-electron chi connectivity index (χ2n) is 4.66. The van der Waals surface area contributed by atoms with Crippen molar-refractivity contribution >= 4 is 29.1 Å². The van der Waals surface area contributed by atoms with Crippen LogP contribution in [-0.4, -0.2) is 32.2 Å². The quantitative estimate of drug-likeness (QED) is 0.943. The number of aromatic nitrogens is 3. The van der Waals surface area contributed by atoms with Crippen LogP contribution in [0.4, 0.5) is 5.69 Å². The number of nitrogens with one attached hydrogen (secondary N) is 1. The van der Waals surface area contributed by atoms with E-state index in [1.54, 1.807) is 11.8 Å². The van der Waals surface area contributed by atoms with Gasteiger partial charge in [-0.1, -0.05) is 30.8 Å². The molecule has 2 heterocycles. The highest BCUT2D eigenvalue weighted by Crippen LogP contribution is 2.24. The zero-order valence-corrected chi connectivity index (χ0v) is 12.6. The third-order valence-corrected chi connectivity index (χ3v) is 4.02. The van der Waals surface area contributed by atoms with E-state index in [-0.39, 0.29) is 5.91 Å². The minimum Gasteiger partial charge on any atom is -0.326 e. The topological polar surface area (TPSA) is 72.2 Å². The maximum absolute atomic E-state index is 11.0. The van der Waals surface area contributed by atoms with Crippen LogP contribution in [0.3, 0.4) is 0 Å². The minimum atomic E-state index is -0.0740. The van der Waals surface area contributed by atoms with Crippen LogP contribution in [0.5, 0.6) is 0 Å². The lowest BCUT2D eigenvalue weighted by atomic mass is 10.1. The first kappa shape index (κ1) is 13.8. The van der Waals surface area contributed by atoms with Gasteiger partial charge in [-0.05, 0) is 17.7 Å². The molecule has 0 bridgehead atoms. The summed E-state index contributed by atoms with van der Waals surface area (Å²) in [5, 5.41) is 16.5. The number of hydrogen-bond donors (Lipinski definition) is 1. The Labute approximate surface area is 126 Å². The van der Waals surface area contributed by atoms with Gasteiger partial charge in [0.2, 0.25) is 11.1 Å². The molecule has 0 saturated heterocycles. The van der Waals surface area contributed by atoms with E-state index in [0.29, 0.717) is 0 Å². The van der Waals surface area contributed by atoms with Gasteiger partial charge in [0, 0.05) is 24.8 Å². The molecule has 1 aromatic carbocycles. The molecule has 0 aliphatic carbocycles. The van der Waals surface area contributed by atoms with Gasteiger partial charge >= 0.3 is 0 Å². The summed E-state index contributed by atoms with van der Waals surface area (Å²) in [7, 11) is 0. The molecule has 0 fully saturated rings. The van der Waals surface area contributed by atoms with E-state index < -0.39 is 0 Å². The number of nitrogens with zero attached hydrogens (tertiary/aromatic N) is 4. The average molecular weight is 301 g/mol. The molecule has 3 rings (SSSR count). The van der Waals surface area contributed by atoms with Crippen molar-refractivity contribution in [2.24, 2.45) is 5.10 Å². The molecule has 6 nitrogen and oxygen atoms in total. The SMILES string of the molecule is CCc1nnc2n1N=C(c1ccc(NC(C)=O)cc1)CS2. The highest BCUT2D eigenvalue weighted by atomic mass is 32.2. The van der Waals surface area contributed by atoms with Gasteiger partial charge < -0.3 is 5.32 Å². The molecule has 7 heteroatoms. The molecule has 0 radical (unpaired) electrons. The number of carbonyl (C=O) groups excluding carboxylic acids is 1. The van der Waals surface area contributed by atoms with Gasteiger partial charge in [0.1, 0.15) is 0 Å². The highest BCUT2D eigenvalue weighted by molar-refractivity contribution is 7.99. The zero-order chi connectivity index (χ0) is 14.8. The van der Waals surface area contributed by atoms with Crippen LogP contribution in [0.1, 0.15) is 25.2 Å². The standard InChI is InChI=1S/C14H15N5OS/c1-3-13-16-17-14-19(13)18-12(8-21-14)10-4-6-11(7-5-10)15-9(2)20/h4-7H,3,8H2,1-2H3,(H,15,20). The van der Waals surface area contributed by atoms with Crippen molar-refractivity contribution in [3.63, 3.8) is 0 Å². The van der Waals surface area contributed by atoms with Gasteiger partial charge in [0.05, 0.1) is 5.71 Å². The molecule has 0 saturated carbocycles. The Balaban J connectivity index is 1.89. The number of fused-ring (bicyclic) bond motifs is 1. The van der Waals surface area contributed by atoms with Crippen LogP contribution >= 0.6 is 11.8 Å². The van der Waals surface area contributed by atoms with E-state index >= 15 is 0 Å². The van der Waals surface area contributed by atoms with Crippen LogP contribution < -0.4 is 5.32 Å². The molecule has 1 aliphatic rings. The molecule has 1 N–H and O–H groups in total. The molecular weight excluding hydrogens is 286 g/mol. The summed E-state index contributed by atoms with van der Waals surface area (Å²) in [5.41, 5.74) is 2.81. The molecule has 1 aliphatic heterocycles. The third kappa shape index (κ3) is 2.82. The molecule has 1 aromatic heterocycles. The van der Waals surface area contributed by atoms with Crippen LogP contribution in [0.15, 0.2) is 34.5 Å². The Bertz CT molecular complexity index is 705. The fourth-order valence-corrected chi connectivity index (χ4v) is 2.94. The number of rotatable bonds is 3. The third-order valence-electron chi connectivity index (χ3n) is 3.09. The number of carbonyl (C=O) groups is 1. The fourth-order valence-electron chi connectivity index (χ4n) is 2.08. The average Bonchev–Trinajstić information content (AvgIpc) is 2.89. The van der Waals surface area contributed by atoms with Crippen LogP contribution in [0, 0.1) is 0 Å².